The Bertz CT molecular complexity index is 722. The number of aryl methyl sites for hydroxylation is 1. The first-order chi connectivity index (χ1) is 11.1. The number of carbonyl (C=O) groups excluding carboxylic acids is 2. The van der Waals surface area contributed by atoms with Crippen LogP contribution >= 0.6 is 0 Å². The Kier molecular flexibility index (Phi) is 4.12. The molecule has 2 heterocycles. The number of benzene rings is 1. The van der Waals surface area contributed by atoms with E-state index >= 15 is 0 Å². The standard InChI is InChI=1S/C16H19N5O2/c1-19-10-14(9-18-19)21-7-6-20(11-15(21)22)16(23)13-4-2-12(8-17)3-5-13/h2-5,9-10H,6-8,11,17H2,1H3. The van der Waals surface area contributed by atoms with Gasteiger partial charge in [0.15, 0.2) is 0 Å². The first-order valence-corrected chi connectivity index (χ1v) is 7.46. The van der Waals surface area contributed by atoms with E-state index in [0.717, 1.165) is 11.3 Å². The van der Waals surface area contributed by atoms with Crippen molar-refractivity contribution in [2.75, 3.05) is 24.5 Å². The summed E-state index contributed by atoms with van der Waals surface area (Å²) < 4.78 is 1.65. The van der Waals surface area contributed by atoms with Gasteiger partial charge < -0.3 is 15.5 Å². The maximum atomic E-state index is 12.5. The van der Waals surface area contributed by atoms with Crippen LogP contribution in [-0.2, 0) is 18.4 Å². The van der Waals surface area contributed by atoms with Crippen molar-refractivity contribution in [1.29, 1.82) is 0 Å². The summed E-state index contributed by atoms with van der Waals surface area (Å²) in [7, 11) is 1.80. The molecule has 0 aliphatic carbocycles. The lowest BCUT2D eigenvalue weighted by atomic mass is 10.1. The molecule has 23 heavy (non-hydrogen) atoms. The second-order valence-electron chi connectivity index (χ2n) is 5.55. The van der Waals surface area contributed by atoms with Gasteiger partial charge in [-0.15, -0.1) is 0 Å². The lowest BCUT2D eigenvalue weighted by molar-refractivity contribution is -0.120. The second-order valence-corrected chi connectivity index (χ2v) is 5.55. The summed E-state index contributed by atoms with van der Waals surface area (Å²) in [5, 5.41) is 4.08. The predicted molar refractivity (Wildman–Crippen MR) is 85.8 cm³/mol. The van der Waals surface area contributed by atoms with Gasteiger partial charge in [-0.3, -0.25) is 14.3 Å². The molecule has 7 nitrogen and oxygen atoms in total. The van der Waals surface area contributed by atoms with Gasteiger partial charge in [0, 0.05) is 38.4 Å². The molecule has 120 valence electrons. The zero-order valence-corrected chi connectivity index (χ0v) is 13.0. The number of hydrogen-bond donors (Lipinski definition) is 1. The van der Waals surface area contributed by atoms with E-state index in [9.17, 15) is 9.59 Å². The molecule has 1 fully saturated rings. The zero-order valence-electron chi connectivity index (χ0n) is 13.0. The molecular formula is C16H19N5O2. The van der Waals surface area contributed by atoms with Crippen LogP contribution in [0.5, 0.6) is 0 Å². The summed E-state index contributed by atoms with van der Waals surface area (Å²) in [6, 6.07) is 7.17. The van der Waals surface area contributed by atoms with Gasteiger partial charge >= 0.3 is 0 Å². The molecule has 7 heteroatoms. The van der Waals surface area contributed by atoms with E-state index in [0.29, 0.717) is 25.2 Å². The topological polar surface area (TPSA) is 84.5 Å². The molecule has 0 saturated carbocycles. The van der Waals surface area contributed by atoms with Gasteiger partial charge in [0.25, 0.3) is 5.91 Å². The zero-order chi connectivity index (χ0) is 16.4. The smallest absolute Gasteiger partial charge is 0.254 e. The molecule has 1 aliphatic heterocycles. The lowest BCUT2D eigenvalue weighted by Gasteiger charge is -2.33. The van der Waals surface area contributed by atoms with Crippen molar-refractivity contribution >= 4 is 17.5 Å². The minimum absolute atomic E-state index is 0.0758. The van der Waals surface area contributed by atoms with Crippen LogP contribution in [0.2, 0.25) is 0 Å². The molecule has 0 unspecified atom stereocenters. The number of hydrogen-bond acceptors (Lipinski definition) is 4. The van der Waals surface area contributed by atoms with Crippen LogP contribution in [0.15, 0.2) is 36.7 Å². The Morgan fingerprint density at radius 3 is 2.57 bits per heavy atom. The highest BCUT2D eigenvalue weighted by Crippen LogP contribution is 2.17. The Morgan fingerprint density at radius 2 is 2.00 bits per heavy atom. The Labute approximate surface area is 134 Å². The van der Waals surface area contributed by atoms with Gasteiger partial charge in [-0.2, -0.15) is 5.10 Å². The molecule has 0 radical (unpaired) electrons. The number of nitrogens with two attached hydrogens (primary N) is 1. The van der Waals surface area contributed by atoms with Crippen LogP contribution in [0.4, 0.5) is 5.69 Å². The predicted octanol–water partition coefficient (Wildman–Crippen LogP) is 0.368. The summed E-state index contributed by atoms with van der Waals surface area (Å²) >= 11 is 0. The third kappa shape index (κ3) is 3.09. The number of amides is 2. The van der Waals surface area contributed by atoms with Crippen LogP contribution < -0.4 is 10.6 Å². The molecule has 0 atom stereocenters. The maximum absolute atomic E-state index is 12.5. The first-order valence-electron chi connectivity index (χ1n) is 7.46. The summed E-state index contributed by atoms with van der Waals surface area (Å²) in [6.45, 7) is 1.48. The van der Waals surface area contributed by atoms with E-state index in [2.05, 4.69) is 5.10 Å². The van der Waals surface area contributed by atoms with Crippen molar-refractivity contribution in [1.82, 2.24) is 14.7 Å². The maximum Gasteiger partial charge on any atom is 0.254 e. The van der Waals surface area contributed by atoms with Crippen molar-refractivity contribution in [2.24, 2.45) is 12.8 Å². The van der Waals surface area contributed by atoms with Gasteiger partial charge in [0.1, 0.15) is 6.54 Å². The lowest BCUT2D eigenvalue weighted by Crippen LogP contribution is -2.52. The quantitative estimate of drug-likeness (QED) is 0.887. The second kappa shape index (κ2) is 6.21. The Balaban J connectivity index is 1.69. The van der Waals surface area contributed by atoms with E-state index in [-0.39, 0.29) is 18.4 Å². The molecule has 1 aromatic heterocycles. The van der Waals surface area contributed by atoms with Gasteiger partial charge in [0.2, 0.25) is 5.91 Å². The Hall–Kier alpha value is -2.67. The molecular weight excluding hydrogens is 294 g/mol. The molecule has 2 N–H and O–H groups in total. The average Bonchev–Trinajstić information content (AvgIpc) is 3.00. The monoisotopic (exact) mass is 313 g/mol. The highest BCUT2D eigenvalue weighted by molar-refractivity contribution is 6.01. The fourth-order valence-corrected chi connectivity index (χ4v) is 2.63. The first kappa shape index (κ1) is 15.2. The minimum atomic E-state index is -0.132. The molecule has 0 spiro atoms. The number of rotatable bonds is 3. The number of nitrogens with zero attached hydrogens (tertiary/aromatic N) is 4. The fourth-order valence-electron chi connectivity index (χ4n) is 2.63. The third-order valence-corrected chi connectivity index (χ3v) is 3.95. The fraction of sp³-hybridized carbons (Fsp3) is 0.312. The number of carbonyl (C=O) groups is 2. The highest BCUT2D eigenvalue weighted by Gasteiger charge is 2.29. The summed E-state index contributed by atoms with van der Waals surface area (Å²) in [6.07, 6.45) is 3.45. The molecule has 2 aromatic rings. The van der Waals surface area contributed by atoms with E-state index < -0.39 is 0 Å². The highest BCUT2D eigenvalue weighted by atomic mass is 16.2. The van der Waals surface area contributed by atoms with E-state index in [4.69, 9.17) is 5.73 Å². The Morgan fingerprint density at radius 1 is 1.26 bits per heavy atom. The van der Waals surface area contributed by atoms with Crippen molar-refractivity contribution in [3.05, 3.63) is 47.8 Å². The number of anilines is 1. The van der Waals surface area contributed by atoms with Crippen LogP contribution in [0, 0.1) is 0 Å². The van der Waals surface area contributed by atoms with Crippen LogP contribution in [-0.4, -0.2) is 46.1 Å². The van der Waals surface area contributed by atoms with Crippen molar-refractivity contribution < 1.29 is 9.59 Å². The summed E-state index contributed by atoms with van der Waals surface area (Å²) in [4.78, 5) is 28.1. The van der Waals surface area contributed by atoms with Crippen molar-refractivity contribution in [3.63, 3.8) is 0 Å². The van der Waals surface area contributed by atoms with Crippen molar-refractivity contribution in [2.45, 2.75) is 6.54 Å². The summed E-state index contributed by atoms with van der Waals surface area (Å²) in [5.74, 6) is -0.232. The van der Waals surface area contributed by atoms with Gasteiger partial charge in [0.05, 0.1) is 11.9 Å². The average molecular weight is 313 g/mol. The molecule has 3 rings (SSSR count). The molecule has 2 amide bonds. The molecule has 1 saturated heterocycles. The molecule has 1 aliphatic rings. The largest absolute Gasteiger partial charge is 0.328 e. The van der Waals surface area contributed by atoms with Crippen LogP contribution in [0.3, 0.4) is 0 Å². The normalized spacial score (nSPS) is 15.1. The minimum Gasteiger partial charge on any atom is -0.328 e. The number of piperazine rings is 1. The SMILES string of the molecule is Cn1cc(N2CCN(C(=O)c3ccc(CN)cc3)CC2=O)cn1. The third-order valence-electron chi connectivity index (χ3n) is 3.95. The summed E-state index contributed by atoms with van der Waals surface area (Å²) in [5.41, 5.74) is 7.86. The van der Waals surface area contributed by atoms with Gasteiger partial charge in [-0.25, -0.2) is 0 Å². The van der Waals surface area contributed by atoms with Crippen molar-refractivity contribution in [3.8, 4) is 0 Å². The van der Waals surface area contributed by atoms with Gasteiger partial charge in [-0.1, -0.05) is 12.1 Å². The van der Waals surface area contributed by atoms with Crippen LogP contribution in [0.25, 0.3) is 0 Å². The van der Waals surface area contributed by atoms with E-state index in [1.165, 1.54) is 0 Å². The van der Waals surface area contributed by atoms with Crippen LogP contribution in [0.1, 0.15) is 15.9 Å². The molecule has 1 aromatic carbocycles. The number of aromatic nitrogens is 2. The van der Waals surface area contributed by atoms with E-state index in [1.807, 2.05) is 12.1 Å². The molecule has 0 bridgehead atoms. The van der Waals surface area contributed by atoms with E-state index in [1.54, 1.807) is 46.1 Å². The van der Waals surface area contributed by atoms with Gasteiger partial charge in [-0.05, 0) is 17.7 Å².